The van der Waals surface area contributed by atoms with Crippen molar-refractivity contribution in [2.45, 2.75) is 18.0 Å². The fourth-order valence-corrected chi connectivity index (χ4v) is 3.90. The molecule has 3 heteroatoms. The highest BCUT2D eigenvalue weighted by Crippen LogP contribution is 2.19. The minimum Gasteiger partial charge on any atom is -0.309 e. The van der Waals surface area contributed by atoms with Gasteiger partial charge in [0.15, 0.2) is 0 Å². The molecular formula is C21H21NOS. The first kappa shape index (κ1) is 16.6. The van der Waals surface area contributed by atoms with E-state index in [-0.39, 0.29) is 0 Å². The summed E-state index contributed by atoms with van der Waals surface area (Å²) in [5.41, 5.74) is 2.36. The molecule has 0 heterocycles. The number of hydrogen-bond acceptors (Lipinski definition) is 2. The van der Waals surface area contributed by atoms with Crippen LogP contribution >= 0.6 is 0 Å². The molecule has 1 unspecified atom stereocenters. The van der Waals surface area contributed by atoms with E-state index in [1.807, 2.05) is 24.3 Å². The van der Waals surface area contributed by atoms with Gasteiger partial charge < -0.3 is 5.32 Å². The van der Waals surface area contributed by atoms with E-state index in [1.54, 1.807) is 6.08 Å². The van der Waals surface area contributed by atoms with E-state index in [9.17, 15) is 4.21 Å². The monoisotopic (exact) mass is 335 g/mol. The topological polar surface area (TPSA) is 29.1 Å². The Bertz CT molecular complexity index is 867. The third kappa shape index (κ3) is 3.81. The van der Waals surface area contributed by atoms with Gasteiger partial charge in [0.25, 0.3) is 0 Å². The Hall–Kier alpha value is -2.23. The maximum Gasteiger partial charge on any atom is 0.0571 e. The minimum absolute atomic E-state index is 0.486. The maximum atomic E-state index is 12.3. The fourth-order valence-electron chi connectivity index (χ4n) is 2.85. The van der Waals surface area contributed by atoms with Crippen molar-refractivity contribution in [2.75, 3.05) is 5.75 Å². The first-order valence-corrected chi connectivity index (χ1v) is 9.36. The lowest BCUT2D eigenvalue weighted by Gasteiger charge is -2.11. The molecule has 122 valence electrons. The zero-order chi connectivity index (χ0) is 16.8. The molecule has 3 rings (SSSR count). The van der Waals surface area contributed by atoms with Crippen molar-refractivity contribution in [2.24, 2.45) is 0 Å². The molecular weight excluding hydrogens is 314 g/mol. The van der Waals surface area contributed by atoms with E-state index in [0.717, 1.165) is 17.0 Å². The predicted molar refractivity (Wildman–Crippen MR) is 102 cm³/mol. The molecule has 24 heavy (non-hydrogen) atoms. The van der Waals surface area contributed by atoms with Crippen molar-refractivity contribution in [3.8, 4) is 0 Å². The van der Waals surface area contributed by atoms with Gasteiger partial charge in [-0.05, 0) is 28.0 Å². The summed E-state index contributed by atoms with van der Waals surface area (Å²) >= 11 is 0. The fraction of sp³-hybridized carbons (Fsp3) is 0.143. The Morgan fingerprint density at radius 1 is 0.875 bits per heavy atom. The van der Waals surface area contributed by atoms with Crippen molar-refractivity contribution in [1.82, 2.24) is 5.32 Å². The molecule has 0 radical (unpaired) electrons. The summed E-state index contributed by atoms with van der Waals surface area (Å²) in [4.78, 5) is 0.891. The lowest BCUT2D eigenvalue weighted by molar-refractivity contribution is 0.673. The van der Waals surface area contributed by atoms with Crippen LogP contribution in [-0.2, 0) is 23.9 Å². The molecule has 3 aromatic rings. The maximum absolute atomic E-state index is 12.3. The molecule has 0 saturated heterocycles. The third-order valence-electron chi connectivity index (χ3n) is 4.00. The van der Waals surface area contributed by atoms with Crippen LogP contribution in [0.2, 0.25) is 0 Å². The zero-order valence-corrected chi connectivity index (χ0v) is 14.4. The first-order valence-electron chi connectivity index (χ1n) is 8.04. The predicted octanol–water partition coefficient (Wildman–Crippen LogP) is 4.42. The van der Waals surface area contributed by atoms with Crippen molar-refractivity contribution < 1.29 is 4.21 Å². The molecule has 1 N–H and O–H groups in total. The van der Waals surface area contributed by atoms with Crippen molar-refractivity contribution >= 4 is 21.6 Å². The summed E-state index contributed by atoms with van der Waals surface area (Å²) in [6, 6.07) is 22.7. The van der Waals surface area contributed by atoms with Crippen LogP contribution < -0.4 is 5.32 Å². The van der Waals surface area contributed by atoms with Crippen LogP contribution in [0.1, 0.15) is 11.1 Å². The Labute approximate surface area is 145 Å². The summed E-state index contributed by atoms with van der Waals surface area (Å²) in [5, 5.41) is 6.02. The normalized spacial score (nSPS) is 12.2. The number of benzene rings is 3. The van der Waals surface area contributed by atoms with Gasteiger partial charge >= 0.3 is 0 Å². The van der Waals surface area contributed by atoms with Gasteiger partial charge in [-0.15, -0.1) is 6.58 Å². The molecule has 0 spiro atoms. The molecule has 2 nitrogen and oxygen atoms in total. The average molecular weight is 335 g/mol. The van der Waals surface area contributed by atoms with E-state index in [2.05, 4.69) is 54.4 Å². The van der Waals surface area contributed by atoms with Crippen LogP contribution in [0.3, 0.4) is 0 Å². The number of nitrogens with one attached hydrogen (secondary N) is 1. The third-order valence-corrected chi connectivity index (χ3v) is 5.43. The van der Waals surface area contributed by atoms with Crippen LogP contribution in [0.5, 0.6) is 0 Å². The largest absolute Gasteiger partial charge is 0.309 e. The van der Waals surface area contributed by atoms with Gasteiger partial charge in [0, 0.05) is 23.7 Å². The molecule has 0 amide bonds. The van der Waals surface area contributed by atoms with Gasteiger partial charge in [-0.1, -0.05) is 66.7 Å². The minimum atomic E-state index is -1.02. The Morgan fingerprint density at radius 3 is 2.42 bits per heavy atom. The molecule has 0 aliphatic carbocycles. The highest BCUT2D eigenvalue weighted by atomic mass is 32.2. The molecule has 0 aromatic heterocycles. The van der Waals surface area contributed by atoms with E-state index in [4.69, 9.17) is 0 Å². The van der Waals surface area contributed by atoms with Gasteiger partial charge in [0.05, 0.1) is 10.8 Å². The van der Waals surface area contributed by atoms with Crippen LogP contribution in [0.4, 0.5) is 0 Å². The molecule has 0 saturated carbocycles. The standard InChI is InChI=1S/C21H21NOS/c1-2-14-24(23)21-13-6-4-9-19(21)16-22-15-18-11-7-10-17-8-3-5-12-20(17)18/h2-13,22H,1,14-16H2. The van der Waals surface area contributed by atoms with Crippen molar-refractivity contribution in [3.05, 3.63) is 90.5 Å². The van der Waals surface area contributed by atoms with Crippen LogP contribution in [0.25, 0.3) is 10.8 Å². The summed E-state index contributed by atoms with van der Waals surface area (Å²) < 4.78 is 12.3. The van der Waals surface area contributed by atoms with E-state index in [0.29, 0.717) is 12.3 Å². The summed E-state index contributed by atoms with van der Waals surface area (Å²) in [6.45, 7) is 5.16. The molecule has 3 aromatic carbocycles. The van der Waals surface area contributed by atoms with E-state index >= 15 is 0 Å². The number of fused-ring (bicyclic) bond motifs is 1. The van der Waals surface area contributed by atoms with E-state index < -0.39 is 10.8 Å². The van der Waals surface area contributed by atoms with Gasteiger partial charge in [-0.2, -0.15) is 0 Å². The van der Waals surface area contributed by atoms with Crippen LogP contribution in [0, 0.1) is 0 Å². The Kier molecular flexibility index (Phi) is 5.57. The Balaban J connectivity index is 1.73. The molecule has 1 atom stereocenters. The Morgan fingerprint density at radius 2 is 1.54 bits per heavy atom. The average Bonchev–Trinajstić information content (AvgIpc) is 2.62. The van der Waals surface area contributed by atoms with Gasteiger partial charge in [-0.3, -0.25) is 4.21 Å². The summed E-state index contributed by atoms with van der Waals surface area (Å²) in [5.74, 6) is 0.486. The highest BCUT2D eigenvalue weighted by Gasteiger charge is 2.08. The van der Waals surface area contributed by atoms with Crippen LogP contribution in [-0.4, -0.2) is 9.96 Å². The molecule has 0 bridgehead atoms. The lowest BCUT2D eigenvalue weighted by Crippen LogP contribution is -2.15. The molecule has 0 fully saturated rings. The summed E-state index contributed by atoms with van der Waals surface area (Å²) in [7, 11) is -1.02. The second-order valence-corrected chi connectivity index (χ2v) is 7.11. The van der Waals surface area contributed by atoms with Gasteiger partial charge in [0.1, 0.15) is 0 Å². The second-order valence-electron chi connectivity index (χ2n) is 5.65. The van der Waals surface area contributed by atoms with Crippen molar-refractivity contribution in [1.29, 1.82) is 0 Å². The highest BCUT2D eigenvalue weighted by molar-refractivity contribution is 7.85. The van der Waals surface area contributed by atoms with Crippen molar-refractivity contribution in [3.63, 3.8) is 0 Å². The van der Waals surface area contributed by atoms with E-state index in [1.165, 1.54) is 16.3 Å². The smallest absolute Gasteiger partial charge is 0.0571 e. The quantitative estimate of drug-likeness (QED) is 0.648. The molecule has 0 aliphatic heterocycles. The SMILES string of the molecule is C=CCS(=O)c1ccccc1CNCc1cccc2ccccc12. The lowest BCUT2D eigenvalue weighted by atomic mass is 10.0. The number of rotatable bonds is 7. The second kappa shape index (κ2) is 8.04. The van der Waals surface area contributed by atoms with Crippen LogP contribution in [0.15, 0.2) is 84.3 Å². The molecule has 0 aliphatic rings. The van der Waals surface area contributed by atoms with Gasteiger partial charge in [0.2, 0.25) is 0 Å². The number of hydrogen-bond donors (Lipinski definition) is 1. The van der Waals surface area contributed by atoms with Gasteiger partial charge in [-0.25, -0.2) is 0 Å². The zero-order valence-electron chi connectivity index (χ0n) is 13.6. The first-order chi connectivity index (χ1) is 11.8. The summed E-state index contributed by atoms with van der Waals surface area (Å²) in [6.07, 6.45) is 1.70.